The van der Waals surface area contributed by atoms with Crippen LogP contribution < -0.4 is 11.1 Å². The number of carbonyl (C=O) groups is 2. The molecule has 3 N–H and O–H groups in total. The van der Waals surface area contributed by atoms with E-state index in [1.165, 1.54) is 0 Å². The van der Waals surface area contributed by atoms with Crippen molar-refractivity contribution in [3.63, 3.8) is 0 Å². The van der Waals surface area contributed by atoms with Gasteiger partial charge in [-0.25, -0.2) is 0 Å². The summed E-state index contributed by atoms with van der Waals surface area (Å²) in [5.74, 6) is 0.694. The van der Waals surface area contributed by atoms with Crippen molar-refractivity contribution in [3.05, 3.63) is 0 Å². The van der Waals surface area contributed by atoms with Gasteiger partial charge in [0.1, 0.15) is 0 Å². The molecule has 0 aromatic carbocycles. The Morgan fingerprint density at radius 3 is 2.37 bits per heavy atom. The van der Waals surface area contributed by atoms with E-state index in [9.17, 15) is 9.59 Å². The Hall–Kier alpha value is -1.10. The van der Waals surface area contributed by atoms with E-state index < -0.39 is 0 Å². The molecule has 1 aliphatic rings. The van der Waals surface area contributed by atoms with Gasteiger partial charge in [-0.2, -0.15) is 0 Å². The van der Waals surface area contributed by atoms with E-state index >= 15 is 0 Å². The Morgan fingerprint density at radius 2 is 1.89 bits per heavy atom. The van der Waals surface area contributed by atoms with Gasteiger partial charge in [0.25, 0.3) is 0 Å². The standard InChI is InChI=1S/C14H27N3O2/c1-3-8-17(10-13(18)16-2)14(19)12-6-4-11(9-15)5-7-12/h11-12H,3-10,15H2,1-2H3,(H,16,18). The van der Waals surface area contributed by atoms with E-state index in [1.807, 2.05) is 6.92 Å². The highest BCUT2D eigenvalue weighted by Crippen LogP contribution is 2.29. The van der Waals surface area contributed by atoms with Crippen LogP contribution in [0, 0.1) is 11.8 Å². The lowest BCUT2D eigenvalue weighted by atomic mass is 9.81. The maximum atomic E-state index is 12.4. The summed E-state index contributed by atoms with van der Waals surface area (Å²) < 4.78 is 0. The van der Waals surface area contributed by atoms with Gasteiger partial charge in [-0.05, 0) is 44.6 Å². The van der Waals surface area contributed by atoms with Gasteiger partial charge in [0.05, 0.1) is 6.54 Å². The predicted molar refractivity (Wildman–Crippen MR) is 75.4 cm³/mol. The van der Waals surface area contributed by atoms with Crippen molar-refractivity contribution in [2.75, 3.05) is 26.7 Å². The number of hydrogen-bond donors (Lipinski definition) is 2. The number of nitrogens with two attached hydrogens (primary N) is 1. The van der Waals surface area contributed by atoms with Gasteiger partial charge in [-0.1, -0.05) is 6.92 Å². The van der Waals surface area contributed by atoms with Gasteiger partial charge >= 0.3 is 0 Å². The molecule has 2 amide bonds. The van der Waals surface area contributed by atoms with E-state index in [0.29, 0.717) is 12.5 Å². The number of carbonyl (C=O) groups excluding carboxylic acids is 2. The van der Waals surface area contributed by atoms with Crippen molar-refractivity contribution < 1.29 is 9.59 Å². The number of nitrogens with one attached hydrogen (secondary N) is 1. The molecule has 1 rings (SSSR count). The zero-order valence-corrected chi connectivity index (χ0v) is 12.2. The zero-order chi connectivity index (χ0) is 14.3. The maximum Gasteiger partial charge on any atom is 0.239 e. The van der Waals surface area contributed by atoms with Crippen LogP contribution in [-0.4, -0.2) is 43.4 Å². The number of amides is 2. The summed E-state index contributed by atoms with van der Waals surface area (Å²) >= 11 is 0. The third-order valence-electron chi connectivity index (χ3n) is 3.95. The van der Waals surface area contributed by atoms with Crippen LogP contribution >= 0.6 is 0 Å². The van der Waals surface area contributed by atoms with Crippen LogP contribution in [0.3, 0.4) is 0 Å². The number of hydrogen-bond acceptors (Lipinski definition) is 3. The van der Waals surface area contributed by atoms with Gasteiger partial charge in [-0.3, -0.25) is 9.59 Å². The van der Waals surface area contributed by atoms with Gasteiger partial charge < -0.3 is 16.0 Å². The topological polar surface area (TPSA) is 75.4 Å². The van der Waals surface area contributed by atoms with Crippen molar-refractivity contribution in [2.45, 2.75) is 39.0 Å². The predicted octanol–water partition coefficient (Wildman–Crippen LogP) is 0.736. The fraction of sp³-hybridized carbons (Fsp3) is 0.857. The molecular formula is C14H27N3O2. The second-order valence-corrected chi connectivity index (χ2v) is 5.39. The molecule has 0 unspecified atom stereocenters. The maximum absolute atomic E-state index is 12.4. The highest BCUT2D eigenvalue weighted by Gasteiger charge is 2.29. The Labute approximate surface area is 115 Å². The molecular weight excluding hydrogens is 242 g/mol. The molecule has 5 nitrogen and oxygen atoms in total. The molecule has 0 saturated heterocycles. The first-order valence-corrected chi connectivity index (χ1v) is 7.31. The molecule has 5 heteroatoms. The SMILES string of the molecule is CCCN(CC(=O)NC)C(=O)C1CCC(CN)CC1. The van der Waals surface area contributed by atoms with Crippen LogP contribution in [0.15, 0.2) is 0 Å². The minimum atomic E-state index is -0.0996. The van der Waals surface area contributed by atoms with Crippen LogP contribution in [0.5, 0.6) is 0 Å². The summed E-state index contributed by atoms with van der Waals surface area (Å²) in [4.78, 5) is 25.6. The van der Waals surface area contributed by atoms with Gasteiger partial charge in [-0.15, -0.1) is 0 Å². The van der Waals surface area contributed by atoms with E-state index in [2.05, 4.69) is 5.32 Å². The summed E-state index contributed by atoms with van der Waals surface area (Å²) in [6.07, 6.45) is 4.77. The number of nitrogens with zero attached hydrogens (tertiary/aromatic N) is 1. The van der Waals surface area contributed by atoms with Crippen LogP contribution in [0.25, 0.3) is 0 Å². The molecule has 0 radical (unpaired) electrons. The summed E-state index contributed by atoms with van der Waals surface area (Å²) in [7, 11) is 1.60. The molecule has 0 aliphatic heterocycles. The Balaban J connectivity index is 2.54. The van der Waals surface area contributed by atoms with Gasteiger partial charge in [0.15, 0.2) is 0 Å². The molecule has 110 valence electrons. The summed E-state index contributed by atoms with van der Waals surface area (Å²) in [6, 6.07) is 0. The summed E-state index contributed by atoms with van der Waals surface area (Å²) in [6.45, 7) is 3.58. The normalized spacial score (nSPS) is 22.9. The third kappa shape index (κ3) is 4.82. The number of likely N-dealkylation sites (N-methyl/N-ethyl adjacent to an activating group) is 1. The number of rotatable bonds is 6. The van der Waals surface area contributed by atoms with Crippen LogP contribution in [-0.2, 0) is 9.59 Å². The fourth-order valence-corrected chi connectivity index (χ4v) is 2.69. The van der Waals surface area contributed by atoms with Crippen LogP contribution in [0.4, 0.5) is 0 Å². The van der Waals surface area contributed by atoms with E-state index in [4.69, 9.17) is 5.73 Å². The van der Waals surface area contributed by atoms with Crippen LogP contribution in [0.2, 0.25) is 0 Å². The third-order valence-corrected chi connectivity index (χ3v) is 3.95. The quantitative estimate of drug-likeness (QED) is 0.746. The smallest absolute Gasteiger partial charge is 0.239 e. The molecule has 1 fully saturated rings. The van der Waals surface area contributed by atoms with Gasteiger partial charge in [0.2, 0.25) is 11.8 Å². The van der Waals surface area contributed by atoms with Gasteiger partial charge in [0, 0.05) is 19.5 Å². The average Bonchev–Trinajstić information content (AvgIpc) is 2.46. The molecule has 0 bridgehead atoms. The molecule has 0 spiro atoms. The Morgan fingerprint density at radius 1 is 1.26 bits per heavy atom. The highest BCUT2D eigenvalue weighted by molar-refractivity contribution is 5.85. The minimum Gasteiger partial charge on any atom is -0.358 e. The largest absolute Gasteiger partial charge is 0.358 e. The van der Waals surface area contributed by atoms with Crippen molar-refractivity contribution in [3.8, 4) is 0 Å². The van der Waals surface area contributed by atoms with E-state index in [1.54, 1.807) is 11.9 Å². The second-order valence-electron chi connectivity index (χ2n) is 5.39. The van der Waals surface area contributed by atoms with E-state index in [-0.39, 0.29) is 24.3 Å². The molecule has 0 heterocycles. The molecule has 0 aromatic rings. The Bertz CT molecular complexity index is 299. The van der Waals surface area contributed by atoms with Crippen molar-refractivity contribution in [2.24, 2.45) is 17.6 Å². The lowest BCUT2D eigenvalue weighted by molar-refractivity contribution is -0.140. The Kier molecular flexibility index (Phi) is 6.84. The molecule has 1 aliphatic carbocycles. The van der Waals surface area contributed by atoms with Crippen molar-refractivity contribution >= 4 is 11.8 Å². The van der Waals surface area contributed by atoms with E-state index in [0.717, 1.165) is 38.6 Å². The molecule has 0 aromatic heterocycles. The first kappa shape index (κ1) is 16.0. The highest BCUT2D eigenvalue weighted by atomic mass is 16.2. The summed E-state index contributed by atoms with van der Waals surface area (Å²) in [5, 5.41) is 2.58. The first-order chi connectivity index (χ1) is 9.12. The monoisotopic (exact) mass is 269 g/mol. The molecule has 19 heavy (non-hydrogen) atoms. The fourth-order valence-electron chi connectivity index (χ4n) is 2.69. The van der Waals surface area contributed by atoms with Crippen molar-refractivity contribution in [1.29, 1.82) is 0 Å². The average molecular weight is 269 g/mol. The first-order valence-electron chi connectivity index (χ1n) is 7.31. The van der Waals surface area contributed by atoms with Crippen molar-refractivity contribution in [1.82, 2.24) is 10.2 Å². The lowest BCUT2D eigenvalue weighted by Crippen LogP contribution is -2.43. The lowest BCUT2D eigenvalue weighted by Gasteiger charge is -2.31. The second kappa shape index (κ2) is 8.15. The zero-order valence-electron chi connectivity index (χ0n) is 12.2. The summed E-state index contributed by atoms with van der Waals surface area (Å²) in [5.41, 5.74) is 5.67. The van der Waals surface area contributed by atoms with Crippen LogP contribution in [0.1, 0.15) is 39.0 Å². The molecule has 0 atom stereocenters. The molecule has 1 saturated carbocycles. The minimum absolute atomic E-state index is 0.0824.